The first-order valence-corrected chi connectivity index (χ1v) is 4.12. The Hall–Kier alpha value is -1.72. The third-order valence-electron chi connectivity index (χ3n) is 1.91. The fraction of sp³-hybridized carbons (Fsp3) is 0.429. The number of hydrogen-bond acceptors (Lipinski definition) is 6. The minimum Gasteiger partial charge on any atom is -0.393 e. The van der Waals surface area contributed by atoms with Gasteiger partial charge >= 0.3 is 0 Å². The second-order valence-corrected chi connectivity index (χ2v) is 3.15. The van der Waals surface area contributed by atoms with Gasteiger partial charge in [-0.25, -0.2) is 0 Å². The molecule has 1 heterocycles. The molecule has 0 saturated heterocycles. The third kappa shape index (κ3) is 1.56. The van der Waals surface area contributed by atoms with Gasteiger partial charge in [-0.2, -0.15) is 9.97 Å². The van der Waals surface area contributed by atoms with Gasteiger partial charge in [0, 0.05) is 6.04 Å². The molecule has 70 valence electrons. The summed E-state index contributed by atoms with van der Waals surface area (Å²) < 4.78 is 0. The molecule has 0 unspecified atom stereocenters. The van der Waals surface area contributed by atoms with Gasteiger partial charge in [-0.1, -0.05) is 0 Å². The van der Waals surface area contributed by atoms with E-state index in [2.05, 4.69) is 15.3 Å². The average molecular weight is 180 g/mol. The number of rotatable bonds is 2. The molecule has 0 amide bonds. The van der Waals surface area contributed by atoms with E-state index in [9.17, 15) is 0 Å². The Morgan fingerprint density at radius 1 is 1.15 bits per heavy atom. The summed E-state index contributed by atoms with van der Waals surface area (Å²) in [5, 5.41) is 3.13. The summed E-state index contributed by atoms with van der Waals surface area (Å²) in [6.45, 7) is 0. The van der Waals surface area contributed by atoms with Gasteiger partial charge in [-0.3, -0.25) is 0 Å². The zero-order valence-electron chi connectivity index (χ0n) is 7.12. The maximum absolute atomic E-state index is 5.66. The lowest BCUT2D eigenvalue weighted by molar-refractivity contribution is 1.10. The van der Waals surface area contributed by atoms with Crippen molar-refractivity contribution in [3.63, 3.8) is 0 Å². The van der Waals surface area contributed by atoms with Crippen LogP contribution in [0.3, 0.4) is 0 Å². The Morgan fingerprint density at radius 2 is 1.85 bits per heavy atom. The largest absolute Gasteiger partial charge is 0.393 e. The molecule has 0 radical (unpaired) electrons. The Labute approximate surface area is 75.5 Å². The van der Waals surface area contributed by atoms with Crippen molar-refractivity contribution in [1.82, 2.24) is 9.97 Å². The lowest BCUT2D eigenvalue weighted by Gasteiger charge is -2.08. The van der Waals surface area contributed by atoms with E-state index in [-0.39, 0.29) is 11.8 Å². The molecule has 0 aromatic carbocycles. The van der Waals surface area contributed by atoms with Gasteiger partial charge in [0.2, 0.25) is 5.95 Å². The average Bonchev–Trinajstić information content (AvgIpc) is 2.83. The highest BCUT2D eigenvalue weighted by atomic mass is 15.1. The molecule has 0 atom stereocenters. The van der Waals surface area contributed by atoms with Crippen molar-refractivity contribution in [2.24, 2.45) is 0 Å². The number of nitrogen functional groups attached to an aromatic ring is 3. The van der Waals surface area contributed by atoms with Crippen LogP contribution in [0.4, 0.5) is 23.3 Å². The lowest BCUT2D eigenvalue weighted by atomic mass is 10.4. The minimum atomic E-state index is 0.148. The molecule has 1 fully saturated rings. The highest BCUT2D eigenvalue weighted by Gasteiger charge is 2.23. The molecule has 0 bridgehead atoms. The van der Waals surface area contributed by atoms with Crippen LogP contribution in [0.25, 0.3) is 0 Å². The van der Waals surface area contributed by atoms with Gasteiger partial charge in [0.05, 0.1) is 0 Å². The zero-order valence-corrected chi connectivity index (χ0v) is 7.12. The van der Waals surface area contributed by atoms with E-state index >= 15 is 0 Å². The van der Waals surface area contributed by atoms with Gasteiger partial charge in [0.1, 0.15) is 5.69 Å². The van der Waals surface area contributed by atoms with Crippen molar-refractivity contribution in [3.8, 4) is 0 Å². The Balaban J connectivity index is 2.30. The highest BCUT2D eigenvalue weighted by Crippen LogP contribution is 2.28. The quantitative estimate of drug-likeness (QED) is 0.500. The summed E-state index contributed by atoms with van der Waals surface area (Å²) >= 11 is 0. The Morgan fingerprint density at radius 3 is 2.46 bits per heavy atom. The first-order chi connectivity index (χ1) is 6.16. The van der Waals surface area contributed by atoms with Crippen molar-refractivity contribution in [2.75, 3.05) is 22.5 Å². The van der Waals surface area contributed by atoms with Crippen LogP contribution in [0.2, 0.25) is 0 Å². The number of anilines is 4. The fourth-order valence-electron chi connectivity index (χ4n) is 1.04. The number of nitrogens with two attached hydrogens (primary N) is 3. The number of hydrogen-bond donors (Lipinski definition) is 4. The Bertz CT molecular complexity index is 332. The fourth-order valence-corrected chi connectivity index (χ4v) is 1.04. The molecule has 1 saturated carbocycles. The lowest BCUT2D eigenvalue weighted by Crippen LogP contribution is -2.11. The predicted octanol–water partition coefficient (Wildman–Crippen LogP) is -0.203. The molecule has 13 heavy (non-hydrogen) atoms. The minimum absolute atomic E-state index is 0.148. The van der Waals surface area contributed by atoms with Crippen LogP contribution in [0.15, 0.2) is 0 Å². The van der Waals surface area contributed by atoms with Crippen molar-refractivity contribution in [1.29, 1.82) is 0 Å². The standard InChI is InChI=1S/C7H12N6/c8-4-5(9)12-7(10)13-6(4)11-3-1-2-3/h3H,1-2,8H2,(H5,9,10,11,12,13). The van der Waals surface area contributed by atoms with Crippen molar-refractivity contribution in [3.05, 3.63) is 0 Å². The topological polar surface area (TPSA) is 116 Å². The molecule has 6 nitrogen and oxygen atoms in total. The maximum atomic E-state index is 5.66. The van der Waals surface area contributed by atoms with Crippen molar-refractivity contribution in [2.45, 2.75) is 18.9 Å². The van der Waals surface area contributed by atoms with E-state index in [0.29, 0.717) is 17.5 Å². The molecule has 1 aliphatic carbocycles. The van der Waals surface area contributed by atoms with Crippen LogP contribution in [0, 0.1) is 0 Å². The molecule has 0 aliphatic heterocycles. The molecule has 7 N–H and O–H groups in total. The summed E-state index contributed by atoms with van der Waals surface area (Å²) in [6.07, 6.45) is 2.28. The summed E-state index contributed by atoms with van der Waals surface area (Å²) in [7, 11) is 0. The third-order valence-corrected chi connectivity index (χ3v) is 1.91. The van der Waals surface area contributed by atoms with Crippen LogP contribution >= 0.6 is 0 Å². The van der Waals surface area contributed by atoms with Gasteiger partial charge in [0.25, 0.3) is 0 Å². The number of nitrogens with one attached hydrogen (secondary N) is 1. The van der Waals surface area contributed by atoms with Crippen LogP contribution in [0.1, 0.15) is 12.8 Å². The summed E-state index contributed by atoms with van der Waals surface area (Å²) in [5.74, 6) is 0.929. The SMILES string of the molecule is Nc1nc(N)c(N)c(NC2CC2)n1. The Kier molecular flexibility index (Phi) is 1.61. The normalized spacial score (nSPS) is 15.7. The second kappa shape index (κ2) is 2.65. The maximum Gasteiger partial charge on any atom is 0.224 e. The summed E-state index contributed by atoms with van der Waals surface area (Å²) in [4.78, 5) is 7.71. The molecular weight excluding hydrogens is 168 g/mol. The van der Waals surface area contributed by atoms with E-state index in [1.165, 1.54) is 0 Å². The molecule has 1 aliphatic rings. The predicted molar refractivity (Wildman–Crippen MR) is 51.9 cm³/mol. The number of nitrogens with zero attached hydrogens (tertiary/aromatic N) is 2. The van der Waals surface area contributed by atoms with Gasteiger partial charge in [-0.15, -0.1) is 0 Å². The molecular formula is C7H12N6. The molecule has 2 rings (SSSR count). The first-order valence-electron chi connectivity index (χ1n) is 4.12. The first kappa shape index (κ1) is 7.90. The van der Waals surface area contributed by atoms with Crippen LogP contribution < -0.4 is 22.5 Å². The summed E-state index contributed by atoms with van der Waals surface area (Å²) in [5.41, 5.74) is 17.0. The van der Waals surface area contributed by atoms with Crippen molar-refractivity contribution < 1.29 is 0 Å². The monoisotopic (exact) mass is 180 g/mol. The van der Waals surface area contributed by atoms with Crippen LogP contribution in [-0.4, -0.2) is 16.0 Å². The molecule has 1 aromatic rings. The van der Waals surface area contributed by atoms with Gasteiger partial charge in [0.15, 0.2) is 11.6 Å². The van der Waals surface area contributed by atoms with E-state index < -0.39 is 0 Å². The second-order valence-electron chi connectivity index (χ2n) is 3.15. The molecule has 0 spiro atoms. The van der Waals surface area contributed by atoms with Crippen LogP contribution in [0.5, 0.6) is 0 Å². The number of aromatic nitrogens is 2. The van der Waals surface area contributed by atoms with E-state index in [4.69, 9.17) is 17.2 Å². The van der Waals surface area contributed by atoms with Crippen LogP contribution in [-0.2, 0) is 0 Å². The van der Waals surface area contributed by atoms with Gasteiger partial charge < -0.3 is 22.5 Å². The van der Waals surface area contributed by atoms with E-state index in [1.54, 1.807) is 0 Å². The highest BCUT2D eigenvalue weighted by molar-refractivity contribution is 5.74. The molecule has 1 aromatic heterocycles. The summed E-state index contributed by atoms with van der Waals surface area (Å²) in [6, 6.07) is 0.469. The van der Waals surface area contributed by atoms with Crippen molar-refractivity contribution >= 4 is 23.3 Å². The molecule has 6 heteroatoms. The van der Waals surface area contributed by atoms with Gasteiger partial charge in [-0.05, 0) is 12.8 Å². The van der Waals surface area contributed by atoms with E-state index in [0.717, 1.165) is 12.8 Å². The van der Waals surface area contributed by atoms with E-state index in [1.807, 2.05) is 0 Å². The zero-order chi connectivity index (χ0) is 9.42. The smallest absolute Gasteiger partial charge is 0.224 e.